The fourth-order valence-electron chi connectivity index (χ4n) is 1.09. The van der Waals surface area contributed by atoms with Crippen LogP contribution in [0.5, 0.6) is 0 Å². The van der Waals surface area contributed by atoms with Gasteiger partial charge in [-0.15, -0.1) is 0 Å². The van der Waals surface area contributed by atoms with E-state index in [1.54, 1.807) is 4.90 Å². The summed E-state index contributed by atoms with van der Waals surface area (Å²) in [5.74, 6) is -0.457. The number of hydrogen-bond donors (Lipinski definition) is 0. The zero-order chi connectivity index (χ0) is 9.14. The van der Waals surface area contributed by atoms with Crippen molar-refractivity contribution in [3.8, 4) is 0 Å². The molecule has 0 aromatic heterocycles. The Kier molecular flexibility index (Phi) is 2.52. The maximum absolute atomic E-state index is 11.2. The van der Waals surface area contributed by atoms with E-state index in [1.165, 1.54) is 6.92 Å². The molecule has 0 aliphatic carbocycles. The SMILES string of the molecule is CCN1CCN(OC(C)=O)C1=O. The molecule has 12 heavy (non-hydrogen) atoms. The number of carbonyl (C=O) groups excluding carboxylic acids is 2. The molecule has 0 aromatic rings. The predicted octanol–water partition coefficient (Wildman–Crippen LogP) is 0.222. The van der Waals surface area contributed by atoms with Crippen LogP contribution in [-0.4, -0.2) is 41.6 Å². The molecule has 0 spiro atoms. The molecule has 0 unspecified atom stereocenters. The molecule has 1 aliphatic heterocycles. The Labute approximate surface area is 70.8 Å². The molecule has 0 saturated carbocycles. The number of carbonyl (C=O) groups is 2. The molecule has 1 heterocycles. The fraction of sp³-hybridized carbons (Fsp3) is 0.714. The quantitative estimate of drug-likeness (QED) is 0.598. The summed E-state index contributed by atoms with van der Waals surface area (Å²) in [7, 11) is 0. The highest BCUT2D eigenvalue weighted by atomic mass is 16.7. The highest BCUT2D eigenvalue weighted by molar-refractivity contribution is 5.77. The minimum Gasteiger partial charge on any atom is -0.337 e. The summed E-state index contributed by atoms with van der Waals surface area (Å²) in [6, 6.07) is -0.229. The van der Waals surface area contributed by atoms with Crippen LogP contribution >= 0.6 is 0 Å². The molecular formula is C7H12N2O3. The van der Waals surface area contributed by atoms with Gasteiger partial charge in [-0.1, -0.05) is 0 Å². The second-order valence-electron chi connectivity index (χ2n) is 2.55. The highest BCUT2D eigenvalue weighted by Crippen LogP contribution is 2.08. The molecule has 1 saturated heterocycles. The molecule has 68 valence electrons. The number of nitrogens with zero attached hydrogens (tertiary/aromatic N) is 2. The number of amides is 2. The van der Waals surface area contributed by atoms with Gasteiger partial charge in [0.1, 0.15) is 0 Å². The van der Waals surface area contributed by atoms with Gasteiger partial charge in [-0.3, -0.25) is 4.79 Å². The largest absolute Gasteiger partial charge is 0.353 e. The van der Waals surface area contributed by atoms with E-state index in [2.05, 4.69) is 4.84 Å². The van der Waals surface area contributed by atoms with E-state index in [9.17, 15) is 9.59 Å². The Bertz CT molecular complexity index is 205. The van der Waals surface area contributed by atoms with Gasteiger partial charge >= 0.3 is 12.0 Å². The van der Waals surface area contributed by atoms with E-state index in [4.69, 9.17) is 0 Å². The number of hydroxylamine groups is 2. The second-order valence-corrected chi connectivity index (χ2v) is 2.55. The van der Waals surface area contributed by atoms with Crippen LogP contribution in [0.25, 0.3) is 0 Å². The Hall–Kier alpha value is -1.26. The summed E-state index contributed by atoms with van der Waals surface area (Å²) in [5.41, 5.74) is 0. The lowest BCUT2D eigenvalue weighted by Gasteiger charge is -2.14. The summed E-state index contributed by atoms with van der Waals surface area (Å²) in [5, 5.41) is 1.09. The van der Waals surface area contributed by atoms with Crippen molar-refractivity contribution in [3.05, 3.63) is 0 Å². The van der Waals surface area contributed by atoms with Crippen molar-refractivity contribution in [3.63, 3.8) is 0 Å². The first-order chi connectivity index (χ1) is 5.65. The lowest BCUT2D eigenvalue weighted by Crippen LogP contribution is -2.32. The molecule has 5 heteroatoms. The smallest absolute Gasteiger partial charge is 0.337 e. The van der Waals surface area contributed by atoms with Crippen molar-refractivity contribution in [1.82, 2.24) is 9.96 Å². The normalized spacial score (nSPS) is 17.0. The van der Waals surface area contributed by atoms with Crippen molar-refractivity contribution >= 4 is 12.0 Å². The van der Waals surface area contributed by atoms with Crippen LogP contribution < -0.4 is 0 Å². The topological polar surface area (TPSA) is 49.9 Å². The molecule has 5 nitrogen and oxygen atoms in total. The van der Waals surface area contributed by atoms with Crippen LogP contribution in [0.3, 0.4) is 0 Å². The van der Waals surface area contributed by atoms with Crippen molar-refractivity contribution < 1.29 is 14.4 Å². The molecule has 0 radical (unpaired) electrons. The van der Waals surface area contributed by atoms with Crippen LogP contribution in [-0.2, 0) is 9.63 Å². The van der Waals surface area contributed by atoms with Gasteiger partial charge in [-0.05, 0) is 6.92 Å². The van der Waals surface area contributed by atoms with E-state index < -0.39 is 5.97 Å². The molecular weight excluding hydrogens is 160 g/mol. The minimum atomic E-state index is -0.457. The Morgan fingerprint density at radius 2 is 2.25 bits per heavy atom. The Morgan fingerprint density at radius 3 is 2.67 bits per heavy atom. The van der Waals surface area contributed by atoms with Crippen LogP contribution in [0.15, 0.2) is 0 Å². The van der Waals surface area contributed by atoms with Gasteiger partial charge < -0.3 is 9.74 Å². The molecule has 0 aromatic carbocycles. The van der Waals surface area contributed by atoms with Crippen molar-refractivity contribution in [2.75, 3.05) is 19.6 Å². The third-order valence-corrected chi connectivity index (χ3v) is 1.68. The molecule has 1 rings (SSSR count). The van der Waals surface area contributed by atoms with Crippen LogP contribution in [0.2, 0.25) is 0 Å². The number of hydrogen-bond acceptors (Lipinski definition) is 3. The summed E-state index contributed by atoms with van der Waals surface area (Å²) in [4.78, 5) is 28.0. The lowest BCUT2D eigenvalue weighted by atomic mass is 10.6. The number of urea groups is 1. The van der Waals surface area contributed by atoms with Crippen molar-refractivity contribution in [1.29, 1.82) is 0 Å². The average molecular weight is 172 g/mol. The molecule has 0 bridgehead atoms. The average Bonchev–Trinajstić information content (AvgIpc) is 2.32. The molecule has 0 atom stereocenters. The number of likely N-dealkylation sites (N-methyl/N-ethyl adjacent to an activating group) is 1. The third-order valence-electron chi connectivity index (χ3n) is 1.68. The maximum Gasteiger partial charge on any atom is 0.353 e. The summed E-state index contributed by atoms with van der Waals surface area (Å²) in [6.07, 6.45) is 0. The first kappa shape index (κ1) is 8.83. The molecule has 1 fully saturated rings. The molecule has 2 amide bonds. The predicted molar refractivity (Wildman–Crippen MR) is 41.1 cm³/mol. The van der Waals surface area contributed by atoms with E-state index in [-0.39, 0.29) is 6.03 Å². The monoisotopic (exact) mass is 172 g/mol. The summed E-state index contributed by atoms with van der Waals surface area (Å²) < 4.78 is 0. The third kappa shape index (κ3) is 1.66. The van der Waals surface area contributed by atoms with Gasteiger partial charge in [0.05, 0.1) is 6.54 Å². The van der Waals surface area contributed by atoms with Crippen LogP contribution in [0.4, 0.5) is 4.79 Å². The molecule has 0 N–H and O–H groups in total. The van der Waals surface area contributed by atoms with E-state index in [0.717, 1.165) is 5.06 Å². The second kappa shape index (κ2) is 3.42. The number of rotatable bonds is 2. The summed E-state index contributed by atoms with van der Waals surface area (Å²) in [6.45, 7) is 4.91. The van der Waals surface area contributed by atoms with E-state index in [0.29, 0.717) is 19.6 Å². The zero-order valence-corrected chi connectivity index (χ0v) is 7.24. The van der Waals surface area contributed by atoms with Gasteiger partial charge in [0, 0.05) is 20.0 Å². The Balaban J connectivity index is 2.49. The van der Waals surface area contributed by atoms with Gasteiger partial charge in [-0.25, -0.2) is 4.79 Å². The van der Waals surface area contributed by atoms with Gasteiger partial charge in [0.2, 0.25) is 0 Å². The highest BCUT2D eigenvalue weighted by Gasteiger charge is 2.29. The first-order valence-corrected chi connectivity index (χ1v) is 3.90. The van der Waals surface area contributed by atoms with E-state index >= 15 is 0 Å². The van der Waals surface area contributed by atoms with E-state index in [1.807, 2.05) is 6.92 Å². The van der Waals surface area contributed by atoms with Gasteiger partial charge in [0.15, 0.2) is 0 Å². The first-order valence-electron chi connectivity index (χ1n) is 3.90. The van der Waals surface area contributed by atoms with Crippen LogP contribution in [0.1, 0.15) is 13.8 Å². The minimum absolute atomic E-state index is 0.229. The van der Waals surface area contributed by atoms with Crippen molar-refractivity contribution in [2.24, 2.45) is 0 Å². The van der Waals surface area contributed by atoms with Crippen molar-refractivity contribution in [2.45, 2.75) is 13.8 Å². The lowest BCUT2D eigenvalue weighted by molar-refractivity contribution is -0.171. The standard InChI is InChI=1S/C7H12N2O3/c1-3-8-4-5-9(7(8)11)12-6(2)10/h3-5H2,1-2H3. The fourth-order valence-corrected chi connectivity index (χ4v) is 1.09. The zero-order valence-electron chi connectivity index (χ0n) is 7.24. The van der Waals surface area contributed by atoms with Crippen LogP contribution in [0, 0.1) is 0 Å². The van der Waals surface area contributed by atoms with Gasteiger partial charge in [0.25, 0.3) is 0 Å². The Morgan fingerprint density at radius 1 is 1.58 bits per heavy atom. The summed E-state index contributed by atoms with van der Waals surface area (Å²) >= 11 is 0. The van der Waals surface area contributed by atoms with Gasteiger partial charge in [-0.2, -0.15) is 5.06 Å². The molecule has 1 aliphatic rings. The maximum atomic E-state index is 11.2.